The maximum atomic E-state index is 8.54. The van der Waals surface area contributed by atoms with Crippen LogP contribution in [0.1, 0.15) is 25.5 Å². The topological polar surface area (TPSA) is 36.9 Å². The normalized spacial score (nSPS) is 12.3. The third kappa shape index (κ3) is 3.56. The molecule has 0 N–H and O–H groups in total. The van der Waals surface area contributed by atoms with Gasteiger partial charge in [0.2, 0.25) is 0 Å². The molecule has 3 heteroatoms. The summed E-state index contributed by atoms with van der Waals surface area (Å²) in [6.07, 6.45) is 3.35. The molecule has 2 nitrogen and oxygen atoms in total. The van der Waals surface area contributed by atoms with Gasteiger partial charge in [0.25, 0.3) is 0 Å². The van der Waals surface area contributed by atoms with E-state index in [0.29, 0.717) is 11.7 Å². The van der Waals surface area contributed by atoms with E-state index in [1.165, 1.54) is 0 Å². The largest absolute Gasteiger partial charge is 0.468 e. The van der Waals surface area contributed by atoms with Crippen molar-refractivity contribution >= 4 is 11.8 Å². The number of hydrogen-bond acceptors (Lipinski definition) is 3. The summed E-state index contributed by atoms with van der Waals surface area (Å²) >= 11 is 1.79. The Morgan fingerprint density at radius 1 is 1.69 bits per heavy atom. The Bertz CT molecular complexity index is 263. The van der Waals surface area contributed by atoms with E-state index in [1.54, 1.807) is 18.0 Å². The summed E-state index contributed by atoms with van der Waals surface area (Å²) in [7, 11) is 0. The number of furan rings is 1. The molecule has 0 fully saturated rings. The van der Waals surface area contributed by atoms with Gasteiger partial charge in [-0.3, -0.25) is 0 Å². The molecule has 1 rings (SSSR count). The van der Waals surface area contributed by atoms with Gasteiger partial charge < -0.3 is 4.42 Å². The predicted molar refractivity (Wildman–Crippen MR) is 54.3 cm³/mol. The van der Waals surface area contributed by atoms with Crippen molar-refractivity contribution < 1.29 is 4.42 Å². The SMILES string of the molecule is CCC(CC#N)SCc1ccco1. The zero-order valence-electron chi connectivity index (χ0n) is 7.69. The van der Waals surface area contributed by atoms with Crippen LogP contribution in [0.4, 0.5) is 0 Å². The van der Waals surface area contributed by atoms with E-state index in [2.05, 4.69) is 13.0 Å². The lowest BCUT2D eigenvalue weighted by Crippen LogP contribution is -1.99. The number of nitriles is 1. The Kier molecular flexibility index (Phi) is 4.48. The molecular weight excluding hydrogens is 182 g/mol. The van der Waals surface area contributed by atoms with Crippen LogP contribution in [-0.4, -0.2) is 5.25 Å². The molecule has 0 spiro atoms. The third-order valence-electron chi connectivity index (χ3n) is 1.82. The molecule has 0 saturated heterocycles. The lowest BCUT2D eigenvalue weighted by atomic mass is 10.3. The minimum atomic E-state index is 0.440. The Labute approximate surface area is 82.9 Å². The molecule has 13 heavy (non-hydrogen) atoms. The van der Waals surface area contributed by atoms with Crippen molar-refractivity contribution in [1.29, 1.82) is 5.26 Å². The van der Waals surface area contributed by atoms with Crippen molar-refractivity contribution in [2.24, 2.45) is 0 Å². The van der Waals surface area contributed by atoms with Gasteiger partial charge in [-0.05, 0) is 18.6 Å². The van der Waals surface area contributed by atoms with Crippen molar-refractivity contribution in [3.05, 3.63) is 24.2 Å². The first kappa shape index (κ1) is 10.2. The minimum absolute atomic E-state index is 0.440. The number of thioether (sulfide) groups is 1. The van der Waals surface area contributed by atoms with Gasteiger partial charge >= 0.3 is 0 Å². The van der Waals surface area contributed by atoms with Crippen LogP contribution in [0.25, 0.3) is 0 Å². The zero-order chi connectivity index (χ0) is 9.52. The molecule has 1 atom stereocenters. The Hall–Kier alpha value is -0.880. The number of hydrogen-bond donors (Lipinski definition) is 0. The zero-order valence-corrected chi connectivity index (χ0v) is 8.51. The summed E-state index contributed by atoms with van der Waals surface area (Å²) in [6, 6.07) is 6.05. The van der Waals surface area contributed by atoms with E-state index in [9.17, 15) is 0 Å². The van der Waals surface area contributed by atoms with E-state index in [1.807, 2.05) is 12.1 Å². The van der Waals surface area contributed by atoms with Crippen LogP contribution in [0.15, 0.2) is 22.8 Å². The monoisotopic (exact) mass is 195 g/mol. The summed E-state index contributed by atoms with van der Waals surface area (Å²) in [4.78, 5) is 0. The molecule has 0 aliphatic heterocycles. The van der Waals surface area contributed by atoms with Gasteiger partial charge in [0.05, 0.1) is 18.1 Å². The van der Waals surface area contributed by atoms with Crippen molar-refractivity contribution in [3.8, 4) is 6.07 Å². The molecule has 0 aliphatic rings. The standard InChI is InChI=1S/C10H13NOS/c1-2-10(5-6-11)13-8-9-4-3-7-12-9/h3-4,7,10H,2,5,8H2,1H3. The number of nitrogens with zero attached hydrogens (tertiary/aromatic N) is 1. The molecule has 0 amide bonds. The molecule has 1 aromatic rings. The lowest BCUT2D eigenvalue weighted by Gasteiger charge is -2.08. The highest BCUT2D eigenvalue weighted by Gasteiger charge is 2.06. The molecule has 1 heterocycles. The van der Waals surface area contributed by atoms with Gasteiger partial charge in [-0.2, -0.15) is 5.26 Å². The van der Waals surface area contributed by atoms with Gasteiger partial charge in [0, 0.05) is 11.7 Å². The fourth-order valence-electron chi connectivity index (χ4n) is 1.02. The molecule has 70 valence electrons. The van der Waals surface area contributed by atoms with Crippen LogP contribution >= 0.6 is 11.8 Å². The van der Waals surface area contributed by atoms with Crippen LogP contribution in [-0.2, 0) is 5.75 Å². The molecule has 1 unspecified atom stereocenters. The van der Waals surface area contributed by atoms with Crippen molar-refractivity contribution in [2.45, 2.75) is 30.8 Å². The molecule has 0 aromatic carbocycles. The van der Waals surface area contributed by atoms with E-state index in [0.717, 1.165) is 17.9 Å². The molecule has 0 radical (unpaired) electrons. The van der Waals surface area contributed by atoms with Gasteiger partial charge in [-0.25, -0.2) is 0 Å². The Balaban J connectivity index is 2.28. The summed E-state index contributed by atoms with van der Waals surface area (Å²) in [5.41, 5.74) is 0. The predicted octanol–water partition coefficient (Wildman–Crippen LogP) is 3.21. The second-order valence-electron chi connectivity index (χ2n) is 2.78. The van der Waals surface area contributed by atoms with Gasteiger partial charge in [-0.1, -0.05) is 6.92 Å². The van der Waals surface area contributed by atoms with Gasteiger partial charge in [-0.15, -0.1) is 11.8 Å². The average Bonchev–Trinajstić information content (AvgIpc) is 2.64. The quantitative estimate of drug-likeness (QED) is 0.724. The highest BCUT2D eigenvalue weighted by molar-refractivity contribution is 7.99. The molecule has 0 aliphatic carbocycles. The van der Waals surface area contributed by atoms with Crippen LogP contribution in [0, 0.1) is 11.3 Å². The Morgan fingerprint density at radius 2 is 2.54 bits per heavy atom. The smallest absolute Gasteiger partial charge is 0.113 e. The first-order valence-corrected chi connectivity index (χ1v) is 5.42. The maximum absolute atomic E-state index is 8.54. The van der Waals surface area contributed by atoms with Crippen LogP contribution in [0.5, 0.6) is 0 Å². The summed E-state index contributed by atoms with van der Waals surface area (Å²) in [5.74, 6) is 1.86. The van der Waals surface area contributed by atoms with Crippen LogP contribution in [0.3, 0.4) is 0 Å². The summed E-state index contributed by atoms with van der Waals surface area (Å²) in [6.45, 7) is 2.11. The first-order chi connectivity index (χ1) is 6.36. The summed E-state index contributed by atoms with van der Waals surface area (Å²) in [5, 5.41) is 8.98. The van der Waals surface area contributed by atoms with E-state index in [4.69, 9.17) is 9.68 Å². The van der Waals surface area contributed by atoms with Crippen LogP contribution < -0.4 is 0 Å². The van der Waals surface area contributed by atoms with E-state index >= 15 is 0 Å². The molecule has 0 saturated carbocycles. The van der Waals surface area contributed by atoms with Crippen molar-refractivity contribution in [1.82, 2.24) is 0 Å². The van der Waals surface area contributed by atoms with Gasteiger partial charge in [0.1, 0.15) is 5.76 Å². The second-order valence-corrected chi connectivity index (χ2v) is 4.07. The third-order valence-corrected chi connectivity index (χ3v) is 3.24. The highest BCUT2D eigenvalue weighted by atomic mass is 32.2. The Morgan fingerprint density at radius 3 is 3.08 bits per heavy atom. The minimum Gasteiger partial charge on any atom is -0.468 e. The highest BCUT2D eigenvalue weighted by Crippen LogP contribution is 2.22. The average molecular weight is 195 g/mol. The van der Waals surface area contributed by atoms with E-state index < -0.39 is 0 Å². The molecule has 1 aromatic heterocycles. The van der Waals surface area contributed by atoms with E-state index in [-0.39, 0.29) is 0 Å². The lowest BCUT2D eigenvalue weighted by molar-refractivity contribution is 0.530. The number of rotatable bonds is 5. The van der Waals surface area contributed by atoms with Crippen molar-refractivity contribution in [3.63, 3.8) is 0 Å². The van der Waals surface area contributed by atoms with Crippen LogP contribution in [0.2, 0.25) is 0 Å². The second kappa shape index (κ2) is 5.71. The molecule has 0 bridgehead atoms. The van der Waals surface area contributed by atoms with Gasteiger partial charge in [0.15, 0.2) is 0 Å². The fourth-order valence-corrected chi connectivity index (χ4v) is 2.01. The maximum Gasteiger partial charge on any atom is 0.113 e. The summed E-state index contributed by atoms with van der Waals surface area (Å²) < 4.78 is 5.20. The fraction of sp³-hybridized carbons (Fsp3) is 0.500. The molecular formula is C10H13NOS. The van der Waals surface area contributed by atoms with Crippen molar-refractivity contribution in [2.75, 3.05) is 0 Å². The first-order valence-electron chi connectivity index (χ1n) is 4.37.